The first kappa shape index (κ1) is 16.4. The normalized spacial score (nSPS) is 23.9. The Morgan fingerprint density at radius 1 is 1.19 bits per heavy atom. The summed E-state index contributed by atoms with van der Waals surface area (Å²) in [6.07, 6.45) is 4.42. The summed E-state index contributed by atoms with van der Waals surface area (Å²) in [7, 11) is 0. The Balaban J connectivity index is 2.01. The number of nitrogens with one attached hydrogen (secondary N) is 1. The smallest absolute Gasteiger partial charge is 0.0544 e. The van der Waals surface area contributed by atoms with Crippen LogP contribution in [0.4, 0.5) is 0 Å². The Labute approximate surface area is 130 Å². The molecule has 2 heterocycles. The van der Waals surface area contributed by atoms with E-state index in [9.17, 15) is 0 Å². The average Bonchev–Trinajstić information content (AvgIpc) is 2.42. The lowest BCUT2D eigenvalue weighted by Crippen LogP contribution is -2.56. The van der Waals surface area contributed by atoms with E-state index in [4.69, 9.17) is 0 Å². The summed E-state index contributed by atoms with van der Waals surface area (Å²) in [5.41, 5.74) is 1.19. The van der Waals surface area contributed by atoms with E-state index in [0.29, 0.717) is 12.1 Å². The van der Waals surface area contributed by atoms with Crippen molar-refractivity contribution in [3.05, 3.63) is 30.1 Å². The first-order valence-corrected chi connectivity index (χ1v) is 8.42. The molecular weight excluding hydrogens is 258 g/mol. The number of piperazine rings is 1. The van der Waals surface area contributed by atoms with E-state index >= 15 is 0 Å². The summed E-state index contributed by atoms with van der Waals surface area (Å²) in [6, 6.07) is 7.49. The molecule has 0 bridgehead atoms. The average molecular weight is 289 g/mol. The van der Waals surface area contributed by atoms with Gasteiger partial charge in [0.05, 0.1) is 5.69 Å². The highest BCUT2D eigenvalue weighted by Crippen LogP contribution is 2.20. The second-order valence-electron chi connectivity index (χ2n) is 7.27. The molecule has 0 radical (unpaired) electrons. The van der Waals surface area contributed by atoms with Crippen LogP contribution < -0.4 is 5.32 Å². The van der Waals surface area contributed by atoms with E-state index in [2.05, 4.69) is 55.0 Å². The third kappa shape index (κ3) is 5.40. The van der Waals surface area contributed by atoms with Crippen LogP contribution in [0.25, 0.3) is 0 Å². The van der Waals surface area contributed by atoms with Crippen molar-refractivity contribution in [2.75, 3.05) is 13.1 Å². The summed E-state index contributed by atoms with van der Waals surface area (Å²) >= 11 is 0. The molecule has 2 rings (SSSR count). The van der Waals surface area contributed by atoms with Gasteiger partial charge in [0, 0.05) is 37.9 Å². The molecule has 1 N–H and O–H groups in total. The van der Waals surface area contributed by atoms with Crippen molar-refractivity contribution in [1.82, 2.24) is 15.2 Å². The zero-order valence-electron chi connectivity index (χ0n) is 14.0. The molecule has 118 valence electrons. The zero-order chi connectivity index (χ0) is 15.2. The molecule has 1 saturated heterocycles. The third-order valence-electron chi connectivity index (χ3n) is 4.20. The molecule has 0 aliphatic carbocycles. The van der Waals surface area contributed by atoms with Crippen molar-refractivity contribution in [1.29, 1.82) is 0 Å². The topological polar surface area (TPSA) is 28.2 Å². The quantitative estimate of drug-likeness (QED) is 0.871. The Bertz CT molecular complexity index is 402. The molecule has 21 heavy (non-hydrogen) atoms. The lowest BCUT2D eigenvalue weighted by atomic mass is 9.95. The maximum Gasteiger partial charge on any atom is 0.0544 e. The number of hydrogen-bond donors (Lipinski definition) is 1. The fourth-order valence-corrected chi connectivity index (χ4v) is 3.33. The first-order valence-electron chi connectivity index (χ1n) is 8.42. The van der Waals surface area contributed by atoms with Gasteiger partial charge in [-0.05, 0) is 36.8 Å². The van der Waals surface area contributed by atoms with Gasteiger partial charge in [0.15, 0.2) is 0 Å². The van der Waals surface area contributed by atoms with Crippen LogP contribution in [0.15, 0.2) is 24.4 Å². The fourth-order valence-electron chi connectivity index (χ4n) is 3.33. The van der Waals surface area contributed by atoms with Crippen molar-refractivity contribution < 1.29 is 0 Å². The molecule has 0 aromatic carbocycles. The summed E-state index contributed by atoms with van der Waals surface area (Å²) in [5, 5.41) is 3.76. The Kier molecular flexibility index (Phi) is 6.19. The summed E-state index contributed by atoms with van der Waals surface area (Å²) in [5.74, 6) is 1.49. The maximum absolute atomic E-state index is 4.51. The minimum absolute atomic E-state index is 0.622. The second-order valence-corrected chi connectivity index (χ2v) is 7.27. The summed E-state index contributed by atoms with van der Waals surface area (Å²) in [6.45, 7) is 12.5. The van der Waals surface area contributed by atoms with Gasteiger partial charge < -0.3 is 5.32 Å². The predicted octanol–water partition coefficient (Wildman–Crippen LogP) is 3.32. The van der Waals surface area contributed by atoms with Gasteiger partial charge in [-0.3, -0.25) is 9.88 Å². The monoisotopic (exact) mass is 289 g/mol. The van der Waals surface area contributed by atoms with Gasteiger partial charge in [-0.2, -0.15) is 0 Å². The van der Waals surface area contributed by atoms with Gasteiger partial charge in [0.25, 0.3) is 0 Å². The van der Waals surface area contributed by atoms with Crippen molar-refractivity contribution in [2.24, 2.45) is 11.8 Å². The molecule has 3 nitrogen and oxygen atoms in total. The highest BCUT2D eigenvalue weighted by Gasteiger charge is 2.28. The summed E-state index contributed by atoms with van der Waals surface area (Å²) in [4.78, 5) is 7.16. The minimum Gasteiger partial charge on any atom is -0.311 e. The predicted molar refractivity (Wildman–Crippen MR) is 89.1 cm³/mol. The number of rotatable bonds is 6. The first-order chi connectivity index (χ1) is 10.0. The van der Waals surface area contributed by atoms with E-state index < -0.39 is 0 Å². The Hall–Kier alpha value is -0.930. The molecule has 0 spiro atoms. The van der Waals surface area contributed by atoms with Gasteiger partial charge in [0.1, 0.15) is 0 Å². The zero-order valence-corrected chi connectivity index (χ0v) is 14.0. The van der Waals surface area contributed by atoms with Crippen LogP contribution in [0.2, 0.25) is 0 Å². The molecule has 3 heteroatoms. The van der Waals surface area contributed by atoms with Crippen molar-refractivity contribution >= 4 is 0 Å². The maximum atomic E-state index is 4.51. The Morgan fingerprint density at radius 2 is 1.95 bits per heavy atom. The Morgan fingerprint density at radius 3 is 2.57 bits per heavy atom. The van der Waals surface area contributed by atoms with E-state index in [-0.39, 0.29) is 0 Å². The highest BCUT2D eigenvalue weighted by atomic mass is 15.2. The van der Waals surface area contributed by atoms with E-state index in [0.717, 1.165) is 31.5 Å². The summed E-state index contributed by atoms with van der Waals surface area (Å²) < 4.78 is 0. The van der Waals surface area contributed by atoms with Crippen molar-refractivity contribution in [3.63, 3.8) is 0 Å². The fraction of sp³-hybridized carbons (Fsp3) is 0.722. The van der Waals surface area contributed by atoms with Crippen LogP contribution >= 0.6 is 0 Å². The van der Waals surface area contributed by atoms with Crippen molar-refractivity contribution in [3.8, 4) is 0 Å². The lowest BCUT2D eigenvalue weighted by Gasteiger charge is -2.41. The van der Waals surface area contributed by atoms with Gasteiger partial charge in [-0.25, -0.2) is 0 Å². The molecular formula is C18H31N3. The highest BCUT2D eigenvalue weighted by molar-refractivity contribution is 5.04. The van der Waals surface area contributed by atoms with Crippen molar-refractivity contribution in [2.45, 2.75) is 59.2 Å². The van der Waals surface area contributed by atoms with Crippen LogP contribution in [0.5, 0.6) is 0 Å². The van der Waals surface area contributed by atoms with Crippen LogP contribution in [0, 0.1) is 11.8 Å². The molecule has 2 atom stereocenters. The van der Waals surface area contributed by atoms with E-state index in [1.807, 2.05) is 12.3 Å². The van der Waals surface area contributed by atoms with Crippen LogP contribution in [-0.2, 0) is 6.54 Å². The molecule has 2 unspecified atom stereocenters. The van der Waals surface area contributed by atoms with Gasteiger partial charge in [0.2, 0.25) is 0 Å². The number of hydrogen-bond acceptors (Lipinski definition) is 3. The molecule has 0 saturated carbocycles. The van der Waals surface area contributed by atoms with Gasteiger partial charge in [-0.1, -0.05) is 33.8 Å². The van der Waals surface area contributed by atoms with E-state index in [1.165, 1.54) is 18.5 Å². The number of aromatic nitrogens is 1. The molecule has 1 aliphatic rings. The minimum atomic E-state index is 0.622. The number of nitrogens with zero attached hydrogens (tertiary/aromatic N) is 2. The molecule has 1 aromatic heterocycles. The molecule has 0 amide bonds. The largest absolute Gasteiger partial charge is 0.311 e. The van der Waals surface area contributed by atoms with Gasteiger partial charge >= 0.3 is 0 Å². The molecule has 1 aliphatic heterocycles. The standard InChI is InChI=1S/C18H31N3/c1-14(2)9-17-13-21(12-16-7-5-6-8-19-16)18(11-20-17)10-15(3)4/h5-8,14-15,17-18,20H,9-13H2,1-4H3. The van der Waals surface area contributed by atoms with Crippen LogP contribution in [0.3, 0.4) is 0 Å². The third-order valence-corrected chi connectivity index (χ3v) is 4.20. The molecule has 1 aromatic rings. The van der Waals surface area contributed by atoms with Crippen LogP contribution in [-0.4, -0.2) is 35.1 Å². The number of pyridine rings is 1. The SMILES string of the molecule is CC(C)CC1CN(Cc2ccccn2)C(CC(C)C)CN1. The second kappa shape index (κ2) is 7.90. The van der Waals surface area contributed by atoms with E-state index in [1.54, 1.807) is 0 Å². The molecule has 1 fully saturated rings. The van der Waals surface area contributed by atoms with Crippen LogP contribution in [0.1, 0.15) is 46.2 Å². The van der Waals surface area contributed by atoms with Gasteiger partial charge in [-0.15, -0.1) is 0 Å². The lowest BCUT2D eigenvalue weighted by molar-refractivity contribution is 0.0985.